The van der Waals surface area contributed by atoms with Crippen molar-refractivity contribution >= 4 is 25.3 Å². The van der Waals surface area contributed by atoms with Crippen molar-refractivity contribution in [3.63, 3.8) is 0 Å². The van der Waals surface area contributed by atoms with Crippen molar-refractivity contribution < 1.29 is 18.0 Å². The molecular weight excluding hydrogens is 429 g/mol. The topological polar surface area (TPSA) is 51.0 Å². The molecule has 0 aliphatic carbocycles. The number of halogens is 3. The fourth-order valence-corrected chi connectivity index (χ4v) is 4.62. The summed E-state index contributed by atoms with van der Waals surface area (Å²) < 4.78 is 39.5. The molecule has 0 spiro atoms. The molecule has 0 unspecified atom stereocenters. The maximum Gasteiger partial charge on any atom is 0.435 e. The van der Waals surface area contributed by atoms with Crippen LogP contribution in [0.25, 0.3) is 0 Å². The van der Waals surface area contributed by atoms with Gasteiger partial charge in [-0.1, -0.05) is 25.6 Å². The molecule has 0 radical (unpaired) electrons. The number of carbonyl (C=O) groups is 1. The lowest BCUT2D eigenvalue weighted by Gasteiger charge is -2.31. The van der Waals surface area contributed by atoms with Crippen molar-refractivity contribution in [1.29, 1.82) is 0 Å². The highest BCUT2D eigenvalue weighted by Crippen LogP contribution is 2.31. The van der Waals surface area contributed by atoms with Gasteiger partial charge in [0.1, 0.15) is 20.3 Å². The van der Waals surface area contributed by atoms with Crippen molar-refractivity contribution in [3.05, 3.63) is 33.5 Å². The number of thiazole rings is 1. The predicted octanol–water partition coefficient (Wildman–Crippen LogP) is 4.30. The Labute approximate surface area is 179 Å². The van der Waals surface area contributed by atoms with Gasteiger partial charge in [0.05, 0.1) is 5.01 Å². The molecule has 3 rings (SSSR count). The summed E-state index contributed by atoms with van der Waals surface area (Å²) in [5, 5.41) is 6.57. The lowest BCUT2D eigenvalue weighted by Crippen LogP contribution is -2.40. The van der Waals surface area contributed by atoms with E-state index in [-0.39, 0.29) is 18.4 Å². The summed E-state index contributed by atoms with van der Waals surface area (Å²) in [5.74, 6) is 3.24. The molecule has 2 aromatic heterocycles. The van der Waals surface area contributed by atoms with Gasteiger partial charge in [0.15, 0.2) is 5.69 Å². The molecule has 162 valence electrons. The van der Waals surface area contributed by atoms with E-state index in [2.05, 4.69) is 41.2 Å². The summed E-state index contributed by atoms with van der Waals surface area (Å²) in [7, 11) is -1.45. The number of alkyl halides is 3. The average Bonchev–Trinajstić information content (AvgIpc) is 3.26. The molecule has 0 bridgehead atoms. The van der Waals surface area contributed by atoms with Crippen LogP contribution < -0.4 is 0 Å². The molecule has 5 nitrogen and oxygen atoms in total. The second-order valence-electron chi connectivity index (χ2n) is 8.55. The maximum absolute atomic E-state index is 12.8. The number of amides is 1. The number of carbonyl (C=O) groups excluding carboxylic acids is 1. The zero-order valence-electron chi connectivity index (χ0n) is 17.5. The minimum Gasteiger partial charge on any atom is -0.341 e. The molecule has 0 atom stereocenters. The quantitative estimate of drug-likeness (QED) is 0.513. The molecule has 2 aromatic rings. The number of hydrogen-bond acceptors (Lipinski definition) is 4. The van der Waals surface area contributed by atoms with E-state index in [1.807, 2.05) is 5.38 Å². The Morgan fingerprint density at radius 3 is 2.53 bits per heavy atom. The summed E-state index contributed by atoms with van der Waals surface area (Å²) in [6.45, 7) is 9.03. The van der Waals surface area contributed by atoms with Crippen LogP contribution in [0.3, 0.4) is 0 Å². The van der Waals surface area contributed by atoms with Crippen LogP contribution in [-0.2, 0) is 17.5 Å². The highest BCUT2D eigenvalue weighted by atomic mass is 32.1. The van der Waals surface area contributed by atoms with Crippen molar-refractivity contribution in [1.82, 2.24) is 19.7 Å². The molecule has 0 aromatic carbocycles. The molecule has 1 saturated heterocycles. The van der Waals surface area contributed by atoms with Gasteiger partial charge in [-0.25, -0.2) is 4.98 Å². The molecule has 0 N–H and O–H groups in total. The third-order valence-corrected chi connectivity index (χ3v) is 6.72. The Morgan fingerprint density at radius 1 is 1.30 bits per heavy atom. The Bertz CT molecular complexity index is 973. The van der Waals surface area contributed by atoms with E-state index < -0.39 is 19.9 Å². The number of piperidine rings is 1. The SMILES string of the molecule is Cc1cc(C(F)(F)F)nn1CC(=O)N1CCC(c2nc(C#C[Si](C)(C)C)cs2)CC1. The van der Waals surface area contributed by atoms with Crippen LogP contribution in [0.1, 0.15) is 40.8 Å². The lowest BCUT2D eigenvalue weighted by atomic mass is 9.97. The van der Waals surface area contributed by atoms with Crippen LogP contribution in [0.5, 0.6) is 0 Å². The predicted molar refractivity (Wildman–Crippen MR) is 113 cm³/mol. The Morgan fingerprint density at radius 2 is 1.97 bits per heavy atom. The number of aromatic nitrogens is 3. The average molecular weight is 455 g/mol. The normalized spacial score (nSPS) is 15.8. The van der Waals surface area contributed by atoms with Crippen LogP contribution >= 0.6 is 11.3 Å². The summed E-state index contributed by atoms with van der Waals surface area (Å²) in [6.07, 6.45) is -2.94. The summed E-state index contributed by atoms with van der Waals surface area (Å²) in [6, 6.07) is 0.963. The van der Waals surface area contributed by atoms with Crippen molar-refractivity contribution in [2.75, 3.05) is 13.1 Å². The van der Waals surface area contributed by atoms with Gasteiger partial charge in [-0.05, 0) is 25.8 Å². The van der Waals surface area contributed by atoms with E-state index in [4.69, 9.17) is 0 Å². The van der Waals surface area contributed by atoms with E-state index in [1.54, 1.807) is 16.2 Å². The second-order valence-corrected chi connectivity index (χ2v) is 14.2. The summed E-state index contributed by atoms with van der Waals surface area (Å²) in [4.78, 5) is 18.9. The third kappa shape index (κ3) is 5.73. The standard InChI is InChI=1S/C20H25F3N4OSSi/c1-14-11-17(20(21,22)23)25-27(14)12-18(28)26-8-5-15(6-9-26)19-24-16(13-29-19)7-10-30(2,3)4/h11,13,15H,5-6,8-9,12H2,1-4H3. The first-order valence-electron chi connectivity index (χ1n) is 9.80. The zero-order chi connectivity index (χ0) is 22.1. The third-order valence-electron chi connectivity index (χ3n) is 4.84. The Hall–Kier alpha value is -2.12. The molecular formula is C20H25F3N4OSSi. The molecule has 3 heterocycles. The van der Waals surface area contributed by atoms with Gasteiger partial charge in [0.25, 0.3) is 0 Å². The number of hydrogen-bond donors (Lipinski definition) is 0. The van der Waals surface area contributed by atoms with Crippen LogP contribution in [0.4, 0.5) is 13.2 Å². The van der Waals surface area contributed by atoms with Gasteiger partial charge in [-0.15, -0.1) is 16.9 Å². The van der Waals surface area contributed by atoms with Crippen molar-refractivity contribution in [3.8, 4) is 11.5 Å². The summed E-state index contributed by atoms with van der Waals surface area (Å²) in [5.41, 5.74) is 3.48. The highest BCUT2D eigenvalue weighted by Gasteiger charge is 2.35. The van der Waals surface area contributed by atoms with E-state index >= 15 is 0 Å². The minimum absolute atomic E-state index is 0.180. The van der Waals surface area contributed by atoms with E-state index in [1.165, 1.54) is 6.92 Å². The van der Waals surface area contributed by atoms with Gasteiger partial charge >= 0.3 is 6.18 Å². The Balaban J connectivity index is 1.57. The van der Waals surface area contributed by atoms with Crippen LogP contribution in [0, 0.1) is 18.4 Å². The zero-order valence-corrected chi connectivity index (χ0v) is 19.3. The monoisotopic (exact) mass is 454 g/mol. The van der Waals surface area contributed by atoms with Crippen LogP contribution in [0.15, 0.2) is 11.4 Å². The number of aryl methyl sites for hydroxylation is 1. The van der Waals surface area contributed by atoms with Crippen LogP contribution in [0.2, 0.25) is 19.6 Å². The first-order valence-corrected chi connectivity index (χ1v) is 14.2. The molecule has 1 amide bonds. The molecule has 1 fully saturated rings. The first kappa shape index (κ1) is 22.6. The molecule has 10 heteroatoms. The summed E-state index contributed by atoms with van der Waals surface area (Å²) >= 11 is 1.60. The van der Waals surface area contributed by atoms with E-state index in [0.717, 1.165) is 34.3 Å². The van der Waals surface area contributed by atoms with Crippen molar-refractivity contribution in [2.45, 2.75) is 58.0 Å². The van der Waals surface area contributed by atoms with Crippen LogP contribution in [-0.4, -0.2) is 46.7 Å². The number of rotatable bonds is 3. The number of nitrogens with zero attached hydrogens (tertiary/aromatic N) is 4. The second kappa shape index (κ2) is 8.55. The van der Waals surface area contributed by atoms with E-state index in [9.17, 15) is 18.0 Å². The molecule has 1 aliphatic heterocycles. The fourth-order valence-electron chi connectivity index (χ4n) is 3.20. The molecule has 1 aliphatic rings. The molecule has 30 heavy (non-hydrogen) atoms. The number of likely N-dealkylation sites (tertiary alicyclic amines) is 1. The fraction of sp³-hybridized carbons (Fsp3) is 0.550. The van der Waals surface area contributed by atoms with Crippen molar-refractivity contribution in [2.24, 2.45) is 0 Å². The molecule has 0 saturated carbocycles. The van der Waals surface area contributed by atoms with Gasteiger partial charge in [0.2, 0.25) is 5.91 Å². The largest absolute Gasteiger partial charge is 0.435 e. The van der Waals surface area contributed by atoms with Gasteiger partial charge in [-0.3, -0.25) is 9.48 Å². The smallest absolute Gasteiger partial charge is 0.341 e. The first-order chi connectivity index (χ1) is 13.9. The Kier molecular flexibility index (Phi) is 6.43. The van der Waals surface area contributed by atoms with Gasteiger partial charge in [0, 0.05) is 30.1 Å². The van der Waals surface area contributed by atoms with E-state index in [0.29, 0.717) is 18.8 Å². The van der Waals surface area contributed by atoms with Gasteiger partial charge < -0.3 is 4.90 Å². The lowest BCUT2D eigenvalue weighted by molar-refractivity contribution is -0.142. The maximum atomic E-state index is 12.8. The van der Waals surface area contributed by atoms with Gasteiger partial charge in [-0.2, -0.15) is 18.3 Å². The minimum atomic E-state index is -4.51. The highest BCUT2D eigenvalue weighted by molar-refractivity contribution is 7.09.